The van der Waals surface area contributed by atoms with Crippen LogP contribution in [0.1, 0.15) is 0 Å². The Kier molecular flexibility index (Phi) is 6.27. The third kappa shape index (κ3) is 4.53. The van der Waals surface area contributed by atoms with Crippen molar-refractivity contribution in [2.24, 2.45) is 0 Å². The number of hydrogen-bond donors (Lipinski definition) is 0. The van der Waals surface area contributed by atoms with E-state index in [1.54, 1.807) is 0 Å². The van der Waals surface area contributed by atoms with Gasteiger partial charge in [0.05, 0.1) is 22.1 Å². The summed E-state index contributed by atoms with van der Waals surface area (Å²) in [5.74, 6) is 0.614. The number of aromatic nitrogens is 3. The molecular weight excluding hydrogens is 675 g/mol. The molecule has 0 spiro atoms. The molecule has 0 aliphatic rings. The third-order valence-electron chi connectivity index (χ3n) is 11.0. The standard InChI is InChI=1S/C50H29N3O2/c1-2-12-31(13-3-1)48-47-38-18-7-9-20-44(38)55-50(47)52-49(51-48)34-14-10-15-35(27-34)53-41-24-22-32(29-40(41)46-36-16-5-4-11-30(36)21-25-42(46)53)33-23-26-45-39(28-33)37-17-6-8-19-43(37)54-45/h1-29H. The van der Waals surface area contributed by atoms with E-state index in [-0.39, 0.29) is 0 Å². The molecular formula is C50H29N3O2. The van der Waals surface area contributed by atoms with Gasteiger partial charge in [0.15, 0.2) is 5.82 Å². The van der Waals surface area contributed by atoms with Crippen LogP contribution < -0.4 is 0 Å². The van der Waals surface area contributed by atoms with Crippen LogP contribution in [0.4, 0.5) is 0 Å². The minimum Gasteiger partial charge on any atom is -0.456 e. The molecule has 12 aromatic rings. The molecule has 0 saturated carbocycles. The molecule has 0 aliphatic carbocycles. The first-order chi connectivity index (χ1) is 27.2. The molecule has 8 aromatic carbocycles. The van der Waals surface area contributed by atoms with Crippen LogP contribution in [0.25, 0.3) is 116 Å². The van der Waals surface area contributed by atoms with Gasteiger partial charge in [0.1, 0.15) is 16.7 Å². The second-order valence-corrected chi connectivity index (χ2v) is 14.1. The number of fused-ring (bicyclic) bond motifs is 11. The highest BCUT2D eigenvalue weighted by Crippen LogP contribution is 2.41. The van der Waals surface area contributed by atoms with E-state index in [9.17, 15) is 0 Å². The van der Waals surface area contributed by atoms with Gasteiger partial charge in [-0.2, -0.15) is 4.98 Å². The lowest BCUT2D eigenvalue weighted by molar-refractivity contribution is 0.653. The summed E-state index contributed by atoms with van der Waals surface area (Å²) >= 11 is 0. The van der Waals surface area contributed by atoms with Gasteiger partial charge in [0, 0.05) is 43.7 Å². The smallest absolute Gasteiger partial charge is 0.231 e. The van der Waals surface area contributed by atoms with E-state index in [0.29, 0.717) is 11.5 Å². The summed E-state index contributed by atoms with van der Waals surface area (Å²) in [5.41, 5.74) is 11.5. The molecule has 5 heteroatoms. The third-order valence-corrected chi connectivity index (χ3v) is 11.0. The molecule has 0 bridgehead atoms. The Labute approximate surface area is 314 Å². The Morgan fingerprint density at radius 3 is 1.93 bits per heavy atom. The van der Waals surface area contributed by atoms with E-state index >= 15 is 0 Å². The van der Waals surface area contributed by atoms with E-state index in [1.807, 2.05) is 48.5 Å². The number of furan rings is 2. The van der Waals surface area contributed by atoms with E-state index in [0.717, 1.165) is 83.0 Å². The number of hydrogen-bond acceptors (Lipinski definition) is 4. The van der Waals surface area contributed by atoms with Crippen molar-refractivity contribution in [3.05, 3.63) is 176 Å². The number of para-hydroxylation sites is 2. The van der Waals surface area contributed by atoms with Gasteiger partial charge in [0.2, 0.25) is 5.71 Å². The Balaban J connectivity index is 1.07. The van der Waals surface area contributed by atoms with Crippen LogP contribution in [0.3, 0.4) is 0 Å². The topological polar surface area (TPSA) is 57.0 Å². The first-order valence-electron chi connectivity index (χ1n) is 18.5. The second-order valence-electron chi connectivity index (χ2n) is 14.1. The monoisotopic (exact) mass is 703 g/mol. The first kappa shape index (κ1) is 30.0. The Hall–Kier alpha value is -7.50. The zero-order valence-electron chi connectivity index (χ0n) is 29.4. The van der Waals surface area contributed by atoms with Crippen LogP contribution in [0.15, 0.2) is 185 Å². The molecule has 0 unspecified atom stereocenters. The fraction of sp³-hybridized carbons (Fsp3) is 0. The van der Waals surface area contributed by atoms with E-state index in [1.165, 1.54) is 21.5 Å². The molecule has 0 saturated heterocycles. The first-order valence-corrected chi connectivity index (χ1v) is 18.5. The maximum Gasteiger partial charge on any atom is 0.231 e. The van der Waals surface area contributed by atoms with Crippen LogP contribution in [0.5, 0.6) is 0 Å². The lowest BCUT2D eigenvalue weighted by atomic mass is 9.99. The molecule has 4 aromatic heterocycles. The Morgan fingerprint density at radius 1 is 0.382 bits per heavy atom. The van der Waals surface area contributed by atoms with Crippen molar-refractivity contribution < 1.29 is 8.83 Å². The molecule has 256 valence electrons. The van der Waals surface area contributed by atoms with Gasteiger partial charge in [-0.15, -0.1) is 0 Å². The van der Waals surface area contributed by atoms with Crippen molar-refractivity contribution in [2.75, 3.05) is 0 Å². The summed E-state index contributed by atoms with van der Waals surface area (Å²) in [7, 11) is 0. The van der Waals surface area contributed by atoms with Gasteiger partial charge >= 0.3 is 0 Å². The lowest BCUT2D eigenvalue weighted by Gasteiger charge is -2.11. The Morgan fingerprint density at radius 2 is 1.05 bits per heavy atom. The lowest BCUT2D eigenvalue weighted by Crippen LogP contribution is -1.97. The van der Waals surface area contributed by atoms with Gasteiger partial charge in [0.25, 0.3) is 0 Å². The van der Waals surface area contributed by atoms with Crippen LogP contribution >= 0.6 is 0 Å². The fourth-order valence-corrected chi connectivity index (χ4v) is 8.50. The maximum absolute atomic E-state index is 6.36. The minimum atomic E-state index is 0.577. The quantitative estimate of drug-likeness (QED) is 0.183. The van der Waals surface area contributed by atoms with Crippen molar-refractivity contribution in [1.29, 1.82) is 0 Å². The highest BCUT2D eigenvalue weighted by atomic mass is 16.3. The average molecular weight is 704 g/mol. The number of rotatable bonds is 4. The molecule has 12 rings (SSSR count). The van der Waals surface area contributed by atoms with Gasteiger partial charge < -0.3 is 13.4 Å². The second kappa shape index (κ2) is 11.5. The zero-order valence-corrected chi connectivity index (χ0v) is 29.4. The normalized spacial score (nSPS) is 12.0. The molecule has 0 radical (unpaired) electrons. The van der Waals surface area contributed by atoms with Crippen LogP contribution in [-0.2, 0) is 0 Å². The summed E-state index contributed by atoms with van der Waals surface area (Å²) in [6, 6.07) is 61.6. The van der Waals surface area contributed by atoms with Gasteiger partial charge in [-0.05, 0) is 76.5 Å². The summed E-state index contributed by atoms with van der Waals surface area (Å²) in [5, 5.41) is 9.02. The molecule has 0 atom stereocenters. The Bertz CT molecular complexity index is 3500. The highest BCUT2D eigenvalue weighted by molar-refractivity contribution is 6.22. The summed E-state index contributed by atoms with van der Waals surface area (Å²) in [6.07, 6.45) is 0. The highest BCUT2D eigenvalue weighted by Gasteiger charge is 2.20. The van der Waals surface area contributed by atoms with Crippen LogP contribution in [0.2, 0.25) is 0 Å². The summed E-state index contributed by atoms with van der Waals surface area (Å²) < 4.78 is 14.9. The predicted molar refractivity (Wildman–Crippen MR) is 225 cm³/mol. The van der Waals surface area contributed by atoms with Gasteiger partial charge in [-0.3, -0.25) is 0 Å². The number of benzene rings is 8. The molecule has 0 N–H and O–H groups in total. The molecule has 55 heavy (non-hydrogen) atoms. The van der Waals surface area contributed by atoms with Gasteiger partial charge in [-0.25, -0.2) is 4.98 Å². The van der Waals surface area contributed by atoms with Crippen molar-refractivity contribution in [2.45, 2.75) is 0 Å². The molecule has 0 amide bonds. The summed E-state index contributed by atoms with van der Waals surface area (Å²) in [4.78, 5) is 10.3. The average Bonchev–Trinajstić information content (AvgIpc) is 3.93. The predicted octanol–water partition coefficient (Wildman–Crippen LogP) is 13.5. The maximum atomic E-state index is 6.36. The largest absolute Gasteiger partial charge is 0.456 e. The van der Waals surface area contributed by atoms with Crippen LogP contribution in [0, 0.1) is 0 Å². The van der Waals surface area contributed by atoms with Crippen LogP contribution in [-0.4, -0.2) is 14.5 Å². The van der Waals surface area contributed by atoms with Crippen molar-refractivity contribution in [1.82, 2.24) is 14.5 Å². The van der Waals surface area contributed by atoms with E-state index in [4.69, 9.17) is 18.8 Å². The molecule has 5 nitrogen and oxygen atoms in total. The zero-order chi connectivity index (χ0) is 36.0. The SMILES string of the molecule is c1ccc(-c2nc(-c3cccc(-n4c5ccc(-c6ccc7oc8ccccc8c7c6)cc5c5c6ccccc6ccc54)c3)nc3oc4ccccc4c23)cc1. The van der Waals surface area contributed by atoms with E-state index < -0.39 is 0 Å². The fourth-order valence-electron chi connectivity index (χ4n) is 8.50. The van der Waals surface area contributed by atoms with Crippen molar-refractivity contribution in [3.63, 3.8) is 0 Å². The van der Waals surface area contributed by atoms with E-state index in [2.05, 4.69) is 132 Å². The van der Waals surface area contributed by atoms with Crippen molar-refractivity contribution >= 4 is 76.6 Å². The number of nitrogens with zero attached hydrogens (tertiary/aromatic N) is 3. The molecule has 0 fully saturated rings. The minimum absolute atomic E-state index is 0.577. The summed E-state index contributed by atoms with van der Waals surface area (Å²) in [6.45, 7) is 0. The molecule has 0 aliphatic heterocycles. The van der Waals surface area contributed by atoms with Gasteiger partial charge in [-0.1, -0.05) is 121 Å². The van der Waals surface area contributed by atoms with Crippen molar-refractivity contribution in [3.8, 4) is 39.5 Å². The molecule has 4 heterocycles.